The first kappa shape index (κ1) is 16.5. The molecule has 1 fully saturated rings. The molecule has 0 aliphatic carbocycles. The van der Waals surface area contributed by atoms with Crippen LogP contribution in [0.15, 0.2) is 10.6 Å². The molecule has 2 rings (SSSR count). The van der Waals surface area contributed by atoms with Gasteiger partial charge >= 0.3 is 0 Å². The molecule has 22 heavy (non-hydrogen) atoms. The van der Waals surface area contributed by atoms with E-state index in [2.05, 4.69) is 10.5 Å². The zero-order valence-electron chi connectivity index (χ0n) is 13.7. The highest BCUT2D eigenvalue weighted by Crippen LogP contribution is 2.23. The molecular weight excluding hydrogens is 284 g/mol. The van der Waals surface area contributed by atoms with Crippen LogP contribution in [0.5, 0.6) is 0 Å². The topological polar surface area (TPSA) is 79.9 Å². The summed E-state index contributed by atoms with van der Waals surface area (Å²) >= 11 is 0. The van der Waals surface area contributed by atoms with Crippen LogP contribution in [0.1, 0.15) is 33.4 Å². The number of aromatic nitrogens is 1. The monoisotopic (exact) mass is 309 g/mol. The molecule has 1 aliphatic heterocycles. The van der Waals surface area contributed by atoms with Crippen molar-refractivity contribution < 1.29 is 19.0 Å². The minimum Gasteiger partial charge on any atom is -0.338 e. The highest BCUT2D eigenvalue weighted by molar-refractivity contribution is 5.90. The van der Waals surface area contributed by atoms with E-state index in [0.717, 1.165) is 18.8 Å². The molecule has 0 aromatic carbocycles. The van der Waals surface area contributed by atoms with Crippen LogP contribution in [0.25, 0.3) is 0 Å². The fourth-order valence-electron chi connectivity index (χ4n) is 2.41. The molecule has 1 aliphatic rings. The molecule has 0 atom stereocenters. The second-order valence-corrected chi connectivity index (χ2v) is 6.81. The van der Waals surface area contributed by atoms with Crippen molar-refractivity contribution in [2.45, 2.75) is 33.1 Å². The predicted molar refractivity (Wildman–Crippen MR) is 81.7 cm³/mol. The average molecular weight is 309 g/mol. The average Bonchev–Trinajstić information content (AvgIpc) is 2.87. The quantitative estimate of drug-likeness (QED) is 0.800. The lowest BCUT2D eigenvalue weighted by atomic mass is 9.92. The van der Waals surface area contributed by atoms with Crippen molar-refractivity contribution in [2.75, 3.05) is 38.0 Å². The van der Waals surface area contributed by atoms with Gasteiger partial charge in [-0.2, -0.15) is 0 Å². The van der Waals surface area contributed by atoms with Gasteiger partial charge in [0.1, 0.15) is 0 Å². The highest BCUT2D eigenvalue weighted by Gasteiger charge is 2.24. The molecule has 0 radical (unpaired) electrons. The van der Waals surface area contributed by atoms with E-state index in [1.165, 1.54) is 4.90 Å². The van der Waals surface area contributed by atoms with Crippen LogP contribution in [-0.2, 0) is 15.0 Å². The molecule has 122 valence electrons. The van der Waals surface area contributed by atoms with Gasteiger partial charge in [0.05, 0.1) is 31.9 Å². The third-order valence-electron chi connectivity index (χ3n) is 3.87. The molecule has 7 nitrogen and oxygen atoms in total. The van der Waals surface area contributed by atoms with Gasteiger partial charge in [0, 0.05) is 18.4 Å². The second-order valence-electron chi connectivity index (χ2n) is 6.81. The van der Waals surface area contributed by atoms with Gasteiger partial charge in [-0.15, -0.1) is 0 Å². The number of anilines is 1. The van der Waals surface area contributed by atoms with Crippen molar-refractivity contribution in [3.05, 3.63) is 11.8 Å². The van der Waals surface area contributed by atoms with Gasteiger partial charge in [0.2, 0.25) is 11.8 Å². The Balaban J connectivity index is 1.81. The minimum absolute atomic E-state index is 0.0946. The Hall–Kier alpha value is -1.89. The molecule has 1 aromatic heterocycles. The fourth-order valence-corrected chi connectivity index (χ4v) is 2.41. The zero-order chi connectivity index (χ0) is 16.3. The number of hydrogen-bond donors (Lipinski definition) is 2. The molecule has 2 N–H and O–H groups in total. The Bertz CT molecular complexity index is 539. The fraction of sp³-hybridized carbons (Fsp3) is 0.667. The maximum absolute atomic E-state index is 12.1. The van der Waals surface area contributed by atoms with Crippen LogP contribution in [-0.4, -0.2) is 54.6 Å². The number of carbonyl (C=O) groups is 2. The first-order valence-corrected chi connectivity index (χ1v) is 7.62. The summed E-state index contributed by atoms with van der Waals surface area (Å²) < 4.78 is 5.16. The Morgan fingerprint density at radius 3 is 2.50 bits per heavy atom. The van der Waals surface area contributed by atoms with Crippen LogP contribution < -0.4 is 10.2 Å². The number of nitrogens with zero attached hydrogens (tertiary/aromatic N) is 2. The van der Waals surface area contributed by atoms with Crippen molar-refractivity contribution in [2.24, 2.45) is 0 Å². The van der Waals surface area contributed by atoms with E-state index in [4.69, 9.17) is 4.52 Å². The summed E-state index contributed by atoms with van der Waals surface area (Å²) in [7, 11) is 0. The Labute approximate surface area is 130 Å². The molecular formula is C15H25N4O3+. The van der Waals surface area contributed by atoms with Gasteiger partial charge < -0.3 is 14.3 Å². The summed E-state index contributed by atoms with van der Waals surface area (Å²) in [6.45, 7) is 11.0. The lowest BCUT2D eigenvalue weighted by Gasteiger charge is -2.31. The maximum Gasteiger partial charge on any atom is 0.281 e. The normalized spacial score (nSPS) is 16.6. The molecule has 1 aromatic rings. The molecule has 7 heteroatoms. The first-order valence-electron chi connectivity index (χ1n) is 7.62. The molecule has 0 bridgehead atoms. The standard InChI is InChI=1S/C15H24N4O3/c1-11(20)19-7-5-18(6-8-19)10-13(21)16-14-9-12(17-22-14)15(2,3)4/h9H,5-8,10H2,1-4H3,(H,16,21)/p+1. The highest BCUT2D eigenvalue weighted by atomic mass is 16.5. The van der Waals surface area contributed by atoms with E-state index in [0.29, 0.717) is 25.5 Å². The number of piperazine rings is 1. The number of nitrogens with one attached hydrogen (secondary N) is 2. The second kappa shape index (κ2) is 6.48. The maximum atomic E-state index is 12.1. The minimum atomic E-state index is -0.110. The van der Waals surface area contributed by atoms with E-state index in [9.17, 15) is 9.59 Å². The van der Waals surface area contributed by atoms with E-state index in [-0.39, 0.29) is 17.2 Å². The summed E-state index contributed by atoms with van der Waals surface area (Å²) in [6, 6.07) is 1.76. The van der Waals surface area contributed by atoms with E-state index in [1.807, 2.05) is 25.7 Å². The number of carbonyl (C=O) groups excluding carboxylic acids is 2. The predicted octanol–water partition coefficient (Wildman–Crippen LogP) is -0.342. The lowest BCUT2D eigenvalue weighted by molar-refractivity contribution is -0.895. The largest absolute Gasteiger partial charge is 0.338 e. The molecule has 0 saturated carbocycles. The molecule has 2 amide bonds. The van der Waals surface area contributed by atoms with Crippen LogP contribution in [0.4, 0.5) is 5.88 Å². The van der Waals surface area contributed by atoms with Crippen molar-refractivity contribution in [1.82, 2.24) is 10.1 Å². The van der Waals surface area contributed by atoms with Gasteiger partial charge in [-0.1, -0.05) is 25.9 Å². The third-order valence-corrected chi connectivity index (χ3v) is 3.87. The molecule has 0 spiro atoms. The Kier molecular flexibility index (Phi) is 4.85. The van der Waals surface area contributed by atoms with Gasteiger partial charge in [-0.3, -0.25) is 14.9 Å². The van der Waals surface area contributed by atoms with Crippen LogP contribution >= 0.6 is 0 Å². The van der Waals surface area contributed by atoms with Gasteiger partial charge in [-0.25, -0.2) is 0 Å². The Morgan fingerprint density at radius 1 is 1.36 bits per heavy atom. The van der Waals surface area contributed by atoms with E-state index < -0.39 is 0 Å². The van der Waals surface area contributed by atoms with Crippen molar-refractivity contribution in [1.29, 1.82) is 0 Å². The zero-order valence-corrected chi connectivity index (χ0v) is 13.7. The van der Waals surface area contributed by atoms with Gasteiger partial charge in [-0.05, 0) is 0 Å². The number of hydrogen-bond acceptors (Lipinski definition) is 4. The SMILES string of the molecule is CC(=O)N1CC[NH+](CC(=O)Nc2cc(C(C)(C)C)no2)CC1. The number of quaternary nitrogens is 1. The van der Waals surface area contributed by atoms with Crippen molar-refractivity contribution >= 4 is 17.7 Å². The number of amides is 2. The molecule has 2 heterocycles. The first-order chi connectivity index (χ1) is 10.3. The van der Waals surface area contributed by atoms with Crippen LogP contribution in [0, 0.1) is 0 Å². The van der Waals surface area contributed by atoms with Crippen molar-refractivity contribution in [3.63, 3.8) is 0 Å². The smallest absolute Gasteiger partial charge is 0.281 e. The summed E-state index contributed by atoms with van der Waals surface area (Å²) in [5.41, 5.74) is 0.700. The van der Waals surface area contributed by atoms with Crippen LogP contribution in [0.2, 0.25) is 0 Å². The third kappa shape index (κ3) is 4.30. The summed E-state index contributed by atoms with van der Waals surface area (Å²) in [5, 5.41) is 6.72. The van der Waals surface area contributed by atoms with Gasteiger partial charge in [0.15, 0.2) is 6.54 Å². The Morgan fingerprint density at radius 2 is 2.00 bits per heavy atom. The van der Waals surface area contributed by atoms with Crippen LogP contribution in [0.3, 0.4) is 0 Å². The lowest BCUT2D eigenvalue weighted by Crippen LogP contribution is -3.15. The number of rotatable bonds is 3. The van der Waals surface area contributed by atoms with E-state index in [1.54, 1.807) is 13.0 Å². The molecule has 1 saturated heterocycles. The summed E-state index contributed by atoms with van der Waals surface area (Å²) in [4.78, 5) is 26.3. The van der Waals surface area contributed by atoms with Gasteiger partial charge in [0.25, 0.3) is 5.91 Å². The van der Waals surface area contributed by atoms with E-state index >= 15 is 0 Å². The molecule has 0 unspecified atom stereocenters. The summed E-state index contributed by atoms with van der Waals surface area (Å²) in [5.74, 6) is 0.388. The van der Waals surface area contributed by atoms with Crippen molar-refractivity contribution in [3.8, 4) is 0 Å². The summed E-state index contributed by atoms with van der Waals surface area (Å²) in [6.07, 6.45) is 0.